The molecule has 3 aromatic heterocycles. The third-order valence-electron chi connectivity index (χ3n) is 4.04. The van der Waals surface area contributed by atoms with Crippen molar-refractivity contribution >= 4 is 62.0 Å². The van der Waals surface area contributed by atoms with Crippen molar-refractivity contribution in [3.05, 3.63) is 32.9 Å². The van der Waals surface area contributed by atoms with Crippen LogP contribution in [0.4, 0.5) is 11.5 Å². The summed E-state index contributed by atoms with van der Waals surface area (Å²) in [5, 5.41) is 9.87. The van der Waals surface area contributed by atoms with Gasteiger partial charge in [0.2, 0.25) is 0 Å². The lowest BCUT2D eigenvalue weighted by atomic mass is 10.2. The summed E-state index contributed by atoms with van der Waals surface area (Å²) < 4.78 is 0.566. The monoisotopic (exact) mass is 393 g/mol. The van der Waals surface area contributed by atoms with Gasteiger partial charge in [-0.1, -0.05) is 11.6 Å². The number of nitrogens with one attached hydrogen (secondary N) is 2. The van der Waals surface area contributed by atoms with Crippen LogP contribution in [0, 0.1) is 0 Å². The molecule has 0 unspecified atom stereocenters. The van der Waals surface area contributed by atoms with Gasteiger partial charge in [0.05, 0.1) is 17.4 Å². The lowest BCUT2D eigenvalue weighted by Gasteiger charge is -2.20. The van der Waals surface area contributed by atoms with E-state index in [1.165, 1.54) is 22.7 Å². The van der Waals surface area contributed by atoms with Crippen LogP contribution in [0.2, 0.25) is 4.34 Å². The van der Waals surface area contributed by atoms with Gasteiger partial charge >= 0.3 is 0 Å². The molecular formula is C16H16ClN5OS2. The molecule has 0 aliphatic carbocycles. The van der Waals surface area contributed by atoms with Gasteiger partial charge in [-0.2, -0.15) is 0 Å². The van der Waals surface area contributed by atoms with E-state index in [2.05, 4.69) is 20.5 Å². The number of aromatic nitrogens is 2. The number of hydrogen-bond donors (Lipinski definition) is 2. The highest BCUT2D eigenvalue weighted by atomic mass is 35.5. The zero-order valence-corrected chi connectivity index (χ0v) is 15.7. The number of nitrogens with zero attached hydrogens (tertiary/aromatic N) is 3. The molecule has 0 radical (unpaired) electrons. The molecule has 0 saturated carbocycles. The molecule has 2 N–H and O–H groups in total. The summed E-state index contributed by atoms with van der Waals surface area (Å²) in [7, 11) is 0. The first kappa shape index (κ1) is 16.7. The predicted molar refractivity (Wildman–Crippen MR) is 104 cm³/mol. The predicted octanol–water partition coefficient (Wildman–Crippen LogP) is 3.46. The van der Waals surface area contributed by atoms with E-state index in [0.29, 0.717) is 21.1 Å². The van der Waals surface area contributed by atoms with Crippen LogP contribution in [-0.4, -0.2) is 42.1 Å². The summed E-state index contributed by atoms with van der Waals surface area (Å²) >= 11 is 8.88. The Morgan fingerprint density at radius 1 is 1.32 bits per heavy atom. The van der Waals surface area contributed by atoms with Gasteiger partial charge < -0.3 is 15.5 Å². The zero-order chi connectivity index (χ0) is 17.2. The van der Waals surface area contributed by atoms with Gasteiger partial charge in [-0.3, -0.25) is 4.79 Å². The minimum Gasteiger partial charge on any atom is -0.354 e. The number of hydrogen-bond acceptors (Lipinski definition) is 7. The van der Waals surface area contributed by atoms with Crippen LogP contribution in [0.1, 0.15) is 16.8 Å². The molecule has 9 heteroatoms. The van der Waals surface area contributed by atoms with Crippen LogP contribution >= 0.6 is 34.3 Å². The first-order valence-corrected chi connectivity index (χ1v) is 10.1. The molecule has 0 aromatic carbocycles. The Bertz CT molecular complexity index is 901. The molecule has 1 aliphatic rings. The molecular weight excluding hydrogens is 378 g/mol. The van der Waals surface area contributed by atoms with Gasteiger partial charge in [0, 0.05) is 25.0 Å². The molecule has 3 aromatic rings. The van der Waals surface area contributed by atoms with E-state index in [-0.39, 0.29) is 5.91 Å². The van der Waals surface area contributed by atoms with Gasteiger partial charge in [0.25, 0.3) is 5.91 Å². The Kier molecular flexibility index (Phi) is 4.85. The number of thiophene rings is 2. The van der Waals surface area contributed by atoms with E-state index in [0.717, 1.165) is 43.2 Å². The molecule has 4 heterocycles. The van der Waals surface area contributed by atoms with Crippen molar-refractivity contribution < 1.29 is 4.79 Å². The van der Waals surface area contributed by atoms with Crippen molar-refractivity contribution in [2.75, 3.05) is 36.4 Å². The molecule has 25 heavy (non-hydrogen) atoms. The van der Waals surface area contributed by atoms with Crippen molar-refractivity contribution in [2.45, 2.75) is 6.42 Å². The third-order valence-corrected chi connectivity index (χ3v) is 6.09. The van der Waals surface area contributed by atoms with Crippen molar-refractivity contribution in [3.8, 4) is 0 Å². The molecule has 1 saturated heterocycles. The summed E-state index contributed by atoms with van der Waals surface area (Å²) in [4.78, 5) is 24.8. The highest BCUT2D eigenvalue weighted by Crippen LogP contribution is 2.30. The summed E-state index contributed by atoms with van der Waals surface area (Å²) in [6, 6.07) is 1.79. The number of carbonyl (C=O) groups excluding carboxylic acids is 1. The molecule has 1 aliphatic heterocycles. The van der Waals surface area contributed by atoms with Crippen molar-refractivity contribution in [2.24, 2.45) is 0 Å². The number of fused-ring (bicyclic) bond motifs is 1. The van der Waals surface area contributed by atoms with Crippen molar-refractivity contribution in [3.63, 3.8) is 0 Å². The second-order valence-corrected chi connectivity index (χ2v) is 8.06. The molecule has 4 rings (SSSR count). The minimum absolute atomic E-state index is 0.212. The Morgan fingerprint density at radius 2 is 2.24 bits per heavy atom. The lowest BCUT2D eigenvalue weighted by Crippen LogP contribution is -2.28. The quantitative estimate of drug-likeness (QED) is 0.713. The van der Waals surface area contributed by atoms with Crippen LogP contribution in [0.5, 0.6) is 0 Å². The molecule has 130 valence electrons. The van der Waals surface area contributed by atoms with Crippen LogP contribution < -0.4 is 15.5 Å². The van der Waals surface area contributed by atoms with E-state index in [1.54, 1.807) is 17.6 Å². The van der Waals surface area contributed by atoms with Gasteiger partial charge in [0.15, 0.2) is 0 Å². The van der Waals surface area contributed by atoms with Crippen molar-refractivity contribution in [1.82, 2.24) is 15.3 Å². The van der Waals surface area contributed by atoms with Gasteiger partial charge in [-0.15, -0.1) is 22.7 Å². The first-order valence-electron chi connectivity index (χ1n) is 7.96. The highest BCUT2D eigenvalue weighted by Gasteiger charge is 2.18. The maximum atomic E-state index is 12.6. The maximum absolute atomic E-state index is 12.6. The average molecular weight is 394 g/mol. The number of halogens is 1. The highest BCUT2D eigenvalue weighted by molar-refractivity contribution is 7.17. The molecule has 1 amide bonds. The molecule has 0 bridgehead atoms. The van der Waals surface area contributed by atoms with Crippen LogP contribution in [0.3, 0.4) is 0 Å². The largest absolute Gasteiger partial charge is 0.354 e. The van der Waals surface area contributed by atoms with E-state index in [1.807, 2.05) is 5.38 Å². The lowest BCUT2D eigenvalue weighted by molar-refractivity contribution is 0.102. The van der Waals surface area contributed by atoms with Gasteiger partial charge in [-0.05, 0) is 24.4 Å². The fourth-order valence-electron chi connectivity index (χ4n) is 2.76. The smallest absolute Gasteiger partial charge is 0.258 e. The third kappa shape index (κ3) is 3.48. The molecule has 1 fully saturated rings. The fraction of sp³-hybridized carbons (Fsp3) is 0.312. The maximum Gasteiger partial charge on any atom is 0.258 e. The summed E-state index contributed by atoms with van der Waals surface area (Å²) in [5.41, 5.74) is 1.80. The van der Waals surface area contributed by atoms with Crippen LogP contribution in [0.15, 0.2) is 23.0 Å². The topological polar surface area (TPSA) is 70.2 Å². The minimum atomic E-state index is -0.212. The van der Waals surface area contributed by atoms with Crippen molar-refractivity contribution in [1.29, 1.82) is 0 Å². The van der Waals surface area contributed by atoms with Crippen LogP contribution in [-0.2, 0) is 0 Å². The Morgan fingerprint density at radius 3 is 3.08 bits per heavy atom. The SMILES string of the molecule is O=C(Nc1ccsc1Cl)c1csc2ncc(N3CCCNCC3)nc12. The Hall–Kier alpha value is -1.74. The van der Waals surface area contributed by atoms with E-state index in [4.69, 9.17) is 16.6 Å². The van der Waals surface area contributed by atoms with Gasteiger partial charge in [0.1, 0.15) is 20.5 Å². The summed E-state index contributed by atoms with van der Waals surface area (Å²) in [6.45, 7) is 3.76. The normalized spacial score (nSPS) is 15.3. The number of anilines is 2. The summed E-state index contributed by atoms with van der Waals surface area (Å²) in [5.74, 6) is 0.604. The van der Waals surface area contributed by atoms with E-state index >= 15 is 0 Å². The average Bonchev–Trinajstić information content (AvgIpc) is 3.11. The Labute approximate surface area is 157 Å². The number of carbonyl (C=O) groups is 1. The van der Waals surface area contributed by atoms with E-state index in [9.17, 15) is 4.79 Å². The molecule has 0 atom stereocenters. The molecule has 0 spiro atoms. The van der Waals surface area contributed by atoms with Crippen LogP contribution in [0.25, 0.3) is 10.3 Å². The molecule has 6 nitrogen and oxygen atoms in total. The van der Waals surface area contributed by atoms with Gasteiger partial charge in [-0.25, -0.2) is 9.97 Å². The zero-order valence-electron chi connectivity index (χ0n) is 13.3. The number of amides is 1. The fourth-order valence-corrected chi connectivity index (χ4v) is 4.42. The second kappa shape index (κ2) is 7.25. The Balaban J connectivity index is 1.64. The first-order chi connectivity index (χ1) is 12.2. The number of rotatable bonds is 3. The second-order valence-electron chi connectivity index (χ2n) is 5.68. The van der Waals surface area contributed by atoms with E-state index < -0.39 is 0 Å². The standard InChI is InChI=1S/C16H16ClN5OS2/c17-14-11(2-7-24-14)20-15(23)10-9-25-16-13(10)21-12(8-19-16)22-5-1-3-18-4-6-22/h2,7-9,18H,1,3-6H2,(H,20,23). The summed E-state index contributed by atoms with van der Waals surface area (Å²) in [6.07, 6.45) is 2.86.